The van der Waals surface area contributed by atoms with Gasteiger partial charge in [0.1, 0.15) is 11.3 Å². The van der Waals surface area contributed by atoms with E-state index in [-0.39, 0.29) is 30.3 Å². The van der Waals surface area contributed by atoms with Crippen LogP contribution >= 0.6 is 0 Å². The molecule has 27 heavy (non-hydrogen) atoms. The molecule has 1 N–H and O–H groups in total. The zero-order valence-corrected chi connectivity index (χ0v) is 16.4. The molecule has 2 heterocycles. The van der Waals surface area contributed by atoms with Gasteiger partial charge >= 0.3 is 5.63 Å². The maximum atomic E-state index is 12.3. The van der Waals surface area contributed by atoms with Crippen LogP contribution in [0.1, 0.15) is 30.9 Å². The van der Waals surface area contributed by atoms with Crippen LogP contribution in [-0.2, 0) is 21.1 Å². The Morgan fingerprint density at radius 1 is 1.37 bits per heavy atom. The van der Waals surface area contributed by atoms with Crippen LogP contribution in [0.2, 0.25) is 0 Å². The third-order valence-electron chi connectivity index (χ3n) is 5.04. The fourth-order valence-electron chi connectivity index (χ4n) is 3.54. The number of amides is 1. The average Bonchev–Trinajstić information content (AvgIpc) is 2.86. The van der Waals surface area contributed by atoms with E-state index in [1.54, 1.807) is 19.1 Å². The van der Waals surface area contributed by atoms with Gasteiger partial charge in [0, 0.05) is 23.4 Å². The lowest BCUT2D eigenvalue weighted by Gasteiger charge is -2.23. The molecule has 0 bridgehead atoms. The van der Waals surface area contributed by atoms with E-state index in [0.717, 1.165) is 10.9 Å². The summed E-state index contributed by atoms with van der Waals surface area (Å²) < 4.78 is 33.8. The van der Waals surface area contributed by atoms with Crippen LogP contribution in [0.15, 0.2) is 27.4 Å². The molecule has 1 fully saturated rings. The number of nitrogens with one attached hydrogen (secondary N) is 1. The minimum absolute atomic E-state index is 0.0509. The van der Waals surface area contributed by atoms with E-state index in [1.165, 1.54) is 7.11 Å². The molecule has 1 amide bonds. The van der Waals surface area contributed by atoms with Crippen LogP contribution in [0.3, 0.4) is 0 Å². The largest absolute Gasteiger partial charge is 0.497 e. The molecule has 1 aliphatic rings. The average molecular weight is 393 g/mol. The SMILES string of the molecule is COc1ccc2c(C)c(CCC(=O)N[C@@]3(C)CCS(=O)(=O)C3)c(=O)oc2c1. The van der Waals surface area contributed by atoms with Gasteiger partial charge in [-0.3, -0.25) is 4.79 Å². The Labute approximate surface area is 157 Å². The van der Waals surface area contributed by atoms with Gasteiger partial charge in [0.05, 0.1) is 24.2 Å². The van der Waals surface area contributed by atoms with Crippen molar-refractivity contribution in [3.8, 4) is 5.75 Å². The molecule has 1 aromatic carbocycles. The van der Waals surface area contributed by atoms with Gasteiger partial charge in [-0.2, -0.15) is 0 Å². The van der Waals surface area contributed by atoms with Crippen molar-refractivity contribution in [1.29, 1.82) is 0 Å². The molecule has 1 saturated heterocycles. The molecule has 0 aliphatic carbocycles. The van der Waals surface area contributed by atoms with Gasteiger partial charge in [0.2, 0.25) is 5.91 Å². The normalized spacial score (nSPS) is 21.3. The highest BCUT2D eigenvalue weighted by Gasteiger charge is 2.39. The highest BCUT2D eigenvalue weighted by Crippen LogP contribution is 2.25. The number of sulfone groups is 1. The number of methoxy groups -OCH3 is 1. The maximum absolute atomic E-state index is 12.3. The van der Waals surface area contributed by atoms with Crippen molar-refractivity contribution in [2.45, 2.75) is 38.6 Å². The quantitative estimate of drug-likeness (QED) is 0.776. The molecule has 7 nitrogen and oxygen atoms in total. The zero-order chi connectivity index (χ0) is 19.8. The molecule has 0 unspecified atom stereocenters. The van der Waals surface area contributed by atoms with E-state index in [0.29, 0.717) is 23.3 Å². The van der Waals surface area contributed by atoms with Gasteiger partial charge in [0.15, 0.2) is 9.84 Å². The summed E-state index contributed by atoms with van der Waals surface area (Å²) in [7, 11) is -1.56. The van der Waals surface area contributed by atoms with Crippen molar-refractivity contribution in [2.75, 3.05) is 18.6 Å². The predicted molar refractivity (Wildman–Crippen MR) is 102 cm³/mol. The summed E-state index contributed by atoms with van der Waals surface area (Å²) in [5, 5.41) is 3.60. The number of rotatable bonds is 5. The summed E-state index contributed by atoms with van der Waals surface area (Å²) in [5.74, 6) is 0.353. The van der Waals surface area contributed by atoms with Crippen molar-refractivity contribution in [3.63, 3.8) is 0 Å². The Balaban J connectivity index is 1.75. The molecule has 0 saturated carbocycles. The molecule has 0 radical (unpaired) electrons. The monoisotopic (exact) mass is 393 g/mol. The first-order chi connectivity index (χ1) is 12.6. The number of hydrogen-bond acceptors (Lipinski definition) is 6. The molecular formula is C19H23NO6S. The second kappa shape index (κ2) is 6.99. The van der Waals surface area contributed by atoms with Crippen LogP contribution in [0.4, 0.5) is 0 Å². The van der Waals surface area contributed by atoms with Gasteiger partial charge < -0.3 is 14.5 Å². The summed E-state index contributed by atoms with van der Waals surface area (Å²) in [6.45, 7) is 3.56. The van der Waals surface area contributed by atoms with Gasteiger partial charge in [0.25, 0.3) is 0 Å². The van der Waals surface area contributed by atoms with E-state index in [9.17, 15) is 18.0 Å². The van der Waals surface area contributed by atoms with Gasteiger partial charge in [-0.25, -0.2) is 13.2 Å². The lowest BCUT2D eigenvalue weighted by atomic mass is 10.00. The molecule has 3 rings (SSSR count). The smallest absolute Gasteiger partial charge is 0.339 e. The predicted octanol–water partition coefficient (Wildman–Crippen LogP) is 1.74. The molecular weight excluding hydrogens is 370 g/mol. The van der Waals surface area contributed by atoms with Crippen molar-refractivity contribution in [3.05, 3.63) is 39.7 Å². The van der Waals surface area contributed by atoms with E-state index in [1.807, 2.05) is 13.0 Å². The Bertz CT molecular complexity index is 1060. The molecule has 1 atom stereocenters. The topological polar surface area (TPSA) is 103 Å². The number of benzene rings is 1. The van der Waals surface area contributed by atoms with Crippen molar-refractivity contribution in [2.24, 2.45) is 0 Å². The Hall–Kier alpha value is -2.35. The molecule has 8 heteroatoms. The van der Waals surface area contributed by atoms with Crippen LogP contribution in [0.5, 0.6) is 5.75 Å². The summed E-state index contributed by atoms with van der Waals surface area (Å²) in [6.07, 6.45) is 0.716. The van der Waals surface area contributed by atoms with Gasteiger partial charge in [-0.1, -0.05) is 0 Å². The number of ether oxygens (including phenoxy) is 1. The van der Waals surface area contributed by atoms with E-state index >= 15 is 0 Å². The number of carbonyl (C=O) groups excluding carboxylic acids is 1. The molecule has 2 aromatic rings. The molecule has 146 valence electrons. The lowest BCUT2D eigenvalue weighted by molar-refractivity contribution is -0.122. The van der Waals surface area contributed by atoms with Crippen molar-refractivity contribution >= 4 is 26.7 Å². The Morgan fingerprint density at radius 3 is 2.74 bits per heavy atom. The minimum atomic E-state index is -3.10. The third-order valence-corrected chi connectivity index (χ3v) is 6.94. The Morgan fingerprint density at radius 2 is 2.11 bits per heavy atom. The van der Waals surface area contributed by atoms with Gasteiger partial charge in [-0.05, 0) is 44.4 Å². The fourth-order valence-corrected chi connectivity index (χ4v) is 5.63. The lowest BCUT2D eigenvalue weighted by Crippen LogP contribution is -2.47. The number of aryl methyl sites for hydroxylation is 1. The molecule has 1 aromatic heterocycles. The van der Waals surface area contributed by atoms with Crippen LogP contribution in [0, 0.1) is 6.92 Å². The third kappa shape index (κ3) is 4.16. The number of carbonyl (C=O) groups is 1. The van der Waals surface area contributed by atoms with Crippen molar-refractivity contribution < 1.29 is 22.4 Å². The highest BCUT2D eigenvalue weighted by molar-refractivity contribution is 7.91. The highest BCUT2D eigenvalue weighted by atomic mass is 32.2. The molecule has 1 aliphatic heterocycles. The first-order valence-corrected chi connectivity index (χ1v) is 10.6. The van der Waals surface area contributed by atoms with E-state index < -0.39 is 21.0 Å². The second-order valence-electron chi connectivity index (χ2n) is 7.31. The number of fused-ring (bicyclic) bond motifs is 1. The summed E-state index contributed by atoms with van der Waals surface area (Å²) in [4.78, 5) is 24.6. The maximum Gasteiger partial charge on any atom is 0.339 e. The second-order valence-corrected chi connectivity index (χ2v) is 9.49. The Kier molecular flexibility index (Phi) is 5.03. The van der Waals surface area contributed by atoms with Crippen LogP contribution < -0.4 is 15.7 Å². The fraction of sp³-hybridized carbons (Fsp3) is 0.474. The van der Waals surface area contributed by atoms with Crippen molar-refractivity contribution in [1.82, 2.24) is 5.32 Å². The van der Waals surface area contributed by atoms with Gasteiger partial charge in [-0.15, -0.1) is 0 Å². The first-order valence-electron chi connectivity index (χ1n) is 8.74. The molecule has 0 spiro atoms. The summed E-state index contributed by atoms with van der Waals surface area (Å²) in [5.41, 5.74) is 0.443. The van der Waals surface area contributed by atoms with E-state index in [2.05, 4.69) is 5.32 Å². The number of hydrogen-bond donors (Lipinski definition) is 1. The van der Waals surface area contributed by atoms with Crippen LogP contribution in [-0.4, -0.2) is 38.5 Å². The van der Waals surface area contributed by atoms with E-state index in [4.69, 9.17) is 9.15 Å². The minimum Gasteiger partial charge on any atom is -0.497 e. The summed E-state index contributed by atoms with van der Waals surface area (Å²) >= 11 is 0. The van der Waals surface area contributed by atoms with Crippen LogP contribution in [0.25, 0.3) is 11.0 Å². The summed E-state index contributed by atoms with van der Waals surface area (Å²) in [6, 6.07) is 5.26. The zero-order valence-electron chi connectivity index (χ0n) is 15.6. The first kappa shape index (κ1) is 19.4. The standard InChI is InChI=1S/C19H23NO6S/c1-12-14-5-4-13(25-3)10-16(14)26-18(22)15(12)6-7-17(21)20-19(2)8-9-27(23,24)11-19/h4-5,10H,6-9,11H2,1-3H3,(H,20,21)/t19-/m0/s1.